The Balaban J connectivity index is 1.52. The third-order valence-electron chi connectivity index (χ3n) is 5.70. The van der Waals surface area contributed by atoms with Gasteiger partial charge in [0.05, 0.1) is 17.9 Å². The highest BCUT2D eigenvalue weighted by Crippen LogP contribution is 2.29. The van der Waals surface area contributed by atoms with Gasteiger partial charge in [-0.3, -0.25) is 4.79 Å². The van der Waals surface area contributed by atoms with E-state index in [0.29, 0.717) is 23.6 Å². The van der Waals surface area contributed by atoms with Gasteiger partial charge in [-0.05, 0) is 38.0 Å². The second-order valence-electron chi connectivity index (χ2n) is 7.52. The maximum Gasteiger partial charge on any atom is 0.233 e. The van der Waals surface area contributed by atoms with E-state index in [1.807, 2.05) is 48.7 Å². The largest absolute Gasteiger partial charge is 0.494 e. The number of nitrogens with zero attached hydrogens (tertiary/aromatic N) is 5. The van der Waals surface area contributed by atoms with Crippen LogP contribution in [0, 0.1) is 0 Å². The first-order valence-electron chi connectivity index (χ1n) is 10.2. The molecule has 4 rings (SSSR count). The monoisotopic (exact) mass is 413 g/mol. The number of fused-ring (bicyclic) bond motifs is 3. The molecule has 0 unspecified atom stereocenters. The molecule has 0 aliphatic heterocycles. The first-order chi connectivity index (χ1) is 14.1. The van der Waals surface area contributed by atoms with Gasteiger partial charge in [0.1, 0.15) is 11.3 Å². The number of amides is 1. The first kappa shape index (κ1) is 19.9. The lowest BCUT2D eigenvalue weighted by molar-refractivity contribution is -0.129. The lowest BCUT2D eigenvalue weighted by atomic mass is 9.94. The number of benzene rings is 1. The van der Waals surface area contributed by atoms with Crippen LogP contribution in [0.1, 0.15) is 39.0 Å². The van der Waals surface area contributed by atoms with Gasteiger partial charge in [-0.15, -0.1) is 10.2 Å². The lowest BCUT2D eigenvalue weighted by Crippen LogP contribution is -2.39. The molecule has 0 radical (unpaired) electrons. The molecule has 2 heterocycles. The summed E-state index contributed by atoms with van der Waals surface area (Å²) in [6, 6.07) is 6.32. The van der Waals surface area contributed by atoms with Crippen LogP contribution in [0.5, 0.6) is 5.75 Å². The van der Waals surface area contributed by atoms with Crippen molar-refractivity contribution >= 4 is 39.7 Å². The minimum atomic E-state index is 0.129. The number of carbonyl (C=O) groups is 1. The zero-order chi connectivity index (χ0) is 20.4. The van der Waals surface area contributed by atoms with Crippen LogP contribution in [0.25, 0.3) is 22.1 Å². The minimum Gasteiger partial charge on any atom is -0.494 e. The molecule has 7 nitrogen and oxygen atoms in total. The van der Waals surface area contributed by atoms with Gasteiger partial charge in [0, 0.05) is 25.5 Å². The maximum absolute atomic E-state index is 12.6. The maximum atomic E-state index is 12.6. The number of aromatic nitrogens is 4. The van der Waals surface area contributed by atoms with Crippen molar-refractivity contribution in [2.75, 3.05) is 19.4 Å². The number of hydrogen-bond acceptors (Lipinski definition) is 6. The molecular formula is C21H27N5O2S. The Bertz CT molecular complexity index is 1030. The molecule has 0 bridgehead atoms. The Morgan fingerprint density at radius 3 is 2.83 bits per heavy atom. The second kappa shape index (κ2) is 8.57. The zero-order valence-corrected chi connectivity index (χ0v) is 18.0. The number of hydrogen-bond donors (Lipinski definition) is 0. The molecule has 0 atom stereocenters. The van der Waals surface area contributed by atoms with E-state index >= 15 is 0 Å². The average molecular weight is 414 g/mol. The number of ether oxygens (including phenoxy) is 1. The fraction of sp³-hybridized carbons (Fsp3) is 0.524. The lowest BCUT2D eigenvalue weighted by Gasteiger charge is -2.31. The molecule has 154 valence electrons. The van der Waals surface area contributed by atoms with Crippen LogP contribution >= 0.6 is 11.8 Å². The summed E-state index contributed by atoms with van der Waals surface area (Å²) in [5.41, 5.74) is 2.54. The van der Waals surface area contributed by atoms with Crippen LogP contribution in [0.15, 0.2) is 23.4 Å². The molecule has 29 heavy (non-hydrogen) atoms. The van der Waals surface area contributed by atoms with E-state index in [4.69, 9.17) is 4.74 Å². The molecule has 2 aromatic heterocycles. The van der Waals surface area contributed by atoms with Crippen LogP contribution < -0.4 is 4.74 Å². The summed E-state index contributed by atoms with van der Waals surface area (Å²) < 4.78 is 7.62. The van der Waals surface area contributed by atoms with Crippen molar-refractivity contribution in [1.82, 2.24) is 24.6 Å². The molecule has 1 aromatic carbocycles. The molecule has 1 fully saturated rings. The fourth-order valence-corrected chi connectivity index (χ4v) is 4.75. The predicted octanol–water partition coefficient (Wildman–Crippen LogP) is 3.80. The minimum absolute atomic E-state index is 0.129. The van der Waals surface area contributed by atoms with Crippen molar-refractivity contribution in [2.45, 2.75) is 50.2 Å². The third kappa shape index (κ3) is 4.03. The van der Waals surface area contributed by atoms with E-state index in [1.54, 1.807) is 0 Å². The molecule has 0 spiro atoms. The van der Waals surface area contributed by atoms with Crippen molar-refractivity contribution in [1.29, 1.82) is 0 Å². The Hall–Kier alpha value is -2.35. The van der Waals surface area contributed by atoms with E-state index in [9.17, 15) is 4.79 Å². The Labute approximate surface area is 174 Å². The molecule has 1 aliphatic rings. The Morgan fingerprint density at radius 1 is 1.28 bits per heavy atom. The highest BCUT2D eigenvalue weighted by molar-refractivity contribution is 7.99. The van der Waals surface area contributed by atoms with Gasteiger partial charge in [0.25, 0.3) is 0 Å². The highest BCUT2D eigenvalue weighted by Gasteiger charge is 2.22. The quantitative estimate of drug-likeness (QED) is 0.573. The van der Waals surface area contributed by atoms with Gasteiger partial charge < -0.3 is 14.2 Å². The standard InChI is InChI=1S/C21H27N5O2S/c1-4-28-15-10-11-17-16(12-15)19-20(26(17)3)22-21(24-23-19)29-13-18(27)25(2)14-8-6-5-7-9-14/h10-12,14H,4-9,13H2,1-3H3. The third-order valence-corrected chi connectivity index (χ3v) is 6.53. The topological polar surface area (TPSA) is 73.1 Å². The van der Waals surface area contributed by atoms with Gasteiger partial charge in [-0.1, -0.05) is 31.0 Å². The van der Waals surface area contributed by atoms with Crippen molar-refractivity contribution < 1.29 is 9.53 Å². The van der Waals surface area contributed by atoms with Gasteiger partial charge >= 0.3 is 0 Å². The molecule has 0 N–H and O–H groups in total. The number of aryl methyl sites for hydroxylation is 1. The van der Waals surface area contributed by atoms with Crippen molar-refractivity contribution in [3.8, 4) is 5.75 Å². The average Bonchev–Trinajstić information content (AvgIpc) is 3.03. The van der Waals surface area contributed by atoms with E-state index < -0.39 is 0 Å². The first-order valence-corrected chi connectivity index (χ1v) is 11.2. The summed E-state index contributed by atoms with van der Waals surface area (Å²) in [5, 5.41) is 10.2. The normalized spacial score (nSPS) is 15.1. The molecule has 0 saturated heterocycles. The SMILES string of the molecule is CCOc1ccc2c(c1)c1nnc(SCC(=O)N(C)C3CCCCC3)nc1n2C. The second-order valence-corrected chi connectivity index (χ2v) is 8.47. The summed E-state index contributed by atoms with van der Waals surface area (Å²) in [4.78, 5) is 19.2. The van der Waals surface area contributed by atoms with Gasteiger partial charge in [-0.25, -0.2) is 4.98 Å². The van der Waals surface area contributed by atoms with Crippen LogP contribution in [0.3, 0.4) is 0 Å². The Kier molecular flexibility index (Phi) is 5.89. The smallest absolute Gasteiger partial charge is 0.233 e. The van der Waals surface area contributed by atoms with Gasteiger partial charge in [-0.2, -0.15) is 0 Å². The van der Waals surface area contributed by atoms with E-state index in [0.717, 1.165) is 40.7 Å². The van der Waals surface area contributed by atoms with Crippen LogP contribution in [0.4, 0.5) is 0 Å². The van der Waals surface area contributed by atoms with Crippen molar-refractivity contribution in [3.63, 3.8) is 0 Å². The number of rotatable bonds is 6. The van der Waals surface area contributed by atoms with E-state index in [2.05, 4.69) is 15.2 Å². The van der Waals surface area contributed by atoms with E-state index in [-0.39, 0.29) is 5.91 Å². The predicted molar refractivity (Wildman–Crippen MR) is 115 cm³/mol. The molecular weight excluding hydrogens is 386 g/mol. The summed E-state index contributed by atoms with van der Waals surface area (Å²) >= 11 is 1.35. The fourth-order valence-electron chi connectivity index (χ4n) is 4.04. The summed E-state index contributed by atoms with van der Waals surface area (Å²) in [7, 11) is 3.89. The summed E-state index contributed by atoms with van der Waals surface area (Å²) in [5.74, 6) is 1.27. The van der Waals surface area contributed by atoms with Crippen LogP contribution in [0.2, 0.25) is 0 Å². The number of thioether (sulfide) groups is 1. The summed E-state index contributed by atoms with van der Waals surface area (Å²) in [6.45, 7) is 2.58. The molecule has 1 saturated carbocycles. The van der Waals surface area contributed by atoms with Crippen molar-refractivity contribution in [2.24, 2.45) is 7.05 Å². The molecule has 1 aliphatic carbocycles. The Morgan fingerprint density at radius 2 is 2.07 bits per heavy atom. The highest BCUT2D eigenvalue weighted by atomic mass is 32.2. The van der Waals surface area contributed by atoms with Gasteiger partial charge in [0.2, 0.25) is 11.1 Å². The van der Waals surface area contributed by atoms with Crippen LogP contribution in [-0.2, 0) is 11.8 Å². The van der Waals surface area contributed by atoms with E-state index in [1.165, 1.54) is 31.0 Å². The van der Waals surface area contributed by atoms with Gasteiger partial charge in [0.15, 0.2) is 5.65 Å². The molecule has 3 aromatic rings. The van der Waals surface area contributed by atoms with Crippen LogP contribution in [-0.4, -0.2) is 56.0 Å². The molecule has 8 heteroatoms. The summed E-state index contributed by atoms with van der Waals surface area (Å²) in [6.07, 6.45) is 5.92. The molecule has 1 amide bonds. The van der Waals surface area contributed by atoms with Crippen molar-refractivity contribution in [3.05, 3.63) is 18.2 Å². The number of carbonyl (C=O) groups excluding carboxylic acids is 1. The zero-order valence-electron chi connectivity index (χ0n) is 17.2.